The number of rotatable bonds is 5. The molecule has 0 fully saturated rings. The molecule has 0 unspecified atom stereocenters. The Balaban J connectivity index is 2.04. The van der Waals surface area contributed by atoms with Crippen LogP contribution in [-0.4, -0.2) is 41.0 Å². The highest BCUT2D eigenvalue weighted by molar-refractivity contribution is 5.97. The van der Waals surface area contributed by atoms with Gasteiger partial charge in [-0.15, -0.1) is 5.10 Å². The summed E-state index contributed by atoms with van der Waals surface area (Å²) in [5, 5.41) is 13.8. The number of hydrogen-bond acceptors (Lipinski definition) is 4. The number of amides is 1. The summed E-state index contributed by atoms with van der Waals surface area (Å²) in [6.45, 7) is 1.56. The number of fused-ring (bicyclic) bond motifs is 1. The molecular weight excluding hydrogens is 230 g/mol. The highest BCUT2D eigenvalue weighted by Crippen LogP contribution is 2.12. The molecule has 0 aliphatic rings. The summed E-state index contributed by atoms with van der Waals surface area (Å²) in [7, 11) is 3.72. The topological polar surface area (TPSA) is 71.8 Å². The fourth-order valence-electron chi connectivity index (χ4n) is 1.75. The quantitative estimate of drug-likeness (QED) is 0.746. The summed E-state index contributed by atoms with van der Waals surface area (Å²) in [6.07, 6.45) is 0.912. The monoisotopic (exact) mass is 247 g/mol. The maximum atomic E-state index is 11.9. The minimum Gasteiger partial charge on any atom is -0.352 e. The first-order valence-corrected chi connectivity index (χ1v) is 5.94. The van der Waals surface area contributed by atoms with Crippen molar-refractivity contribution in [2.75, 3.05) is 20.1 Å². The predicted octanol–water partition coefficient (Wildman–Crippen LogP) is 0.308. The molecule has 0 saturated carbocycles. The third kappa shape index (κ3) is 2.65. The van der Waals surface area contributed by atoms with Crippen LogP contribution in [0.5, 0.6) is 0 Å². The van der Waals surface area contributed by atoms with Crippen molar-refractivity contribution in [2.45, 2.75) is 6.42 Å². The van der Waals surface area contributed by atoms with Crippen molar-refractivity contribution in [3.05, 3.63) is 23.8 Å². The average molecular weight is 247 g/mol. The van der Waals surface area contributed by atoms with Crippen molar-refractivity contribution in [1.29, 1.82) is 0 Å². The minimum atomic E-state index is -0.0707. The Bertz CT molecular complexity index is 548. The Kier molecular flexibility index (Phi) is 3.88. The first-order valence-electron chi connectivity index (χ1n) is 5.94. The molecule has 2 aromatic rings. The van der Waals surface area contributed by atoms with Gasteiger partial charge in [0.2, 0.25) is 0 Å². The van der Waals surface area contributed by atoms with Gasteiger partial charge in [0.05, 0.1) is 5.52 Å². The van der Waals surface area contributed by atoms with Gasteiger partial charge in [0.25, 0.3) is 5.91 Å². The minimum absolute atomic E-state index is 0.0707. The Morgan fingerprint density at radius 1 is 1.39 bits per heavy atom. The van der Waals surface area contributed by atoms with Gasteiger partial charge >= 0.3 is 0 Å². The summed E-state index contributed by atoms with van der Waals surface area (Å²) < 4.78 is 1.68. The second-order valence-electron chi connectivity index (χ2n) is 4.13. The second-order valence-corrected chi connectivity index (χ2v) is 4.13. The molecule has 6 nitrogen and oxygen atoms in total. The van der Waals surface area contributed by atoms with Crippen molar-refractivity contribution >= 4 is 16.9 Å². The van der Waals surface area contributed by atoms with Gasteiger partial charge < -0.3 is 10.6 Å². The van der Waals surface area contributed by atoms with Crippen molar-refractivity contribution < 1.29 is 4.79 Å². The Labute approximate surface area is 105 Å². The van der Waals surface area contributed by atoms with Crippen LogP contribution in [-0.2, 0) is 7.05 Å². The van der Waals surface area contributed by atoms with Crippen molar-refractivity contribution in [1.82, 2.24) is 25.6 Å². The first kappa shape index (κ1) is 12.5. The first-order chi connectivity index (χ1) is 8.72. The van der Waals surface area contributed by atoms with Crippen LogP contribution in [0.3, 0.4) is 0 Å². The largest absolute Gasteiger partial charge is 0.352 e. The number of benzene rings is 1. The summed E-state index contributed by atoms with van der Waals surface area (Å²) in [4.78, 5) is 11.9. The highest BCUT2D eigenvalue weighted by atomic mass is 16.1. The van der Waals surface area contributed by atoms with Gasteiger partial charge in [0, 0.05) is 19.2 Å². The lowest BCUT2D eigenvalue weighted by atomic mass is 10.2. The molecule has 6 heteroatoms. The molecule has 1 aromatic carbocycles. The summed E-state index contributed by atoms with van der Waals surface area (Å²) in [6, 6.07) is 5.41. The lowest BCUT2D eigenvalue weighted by molar-refractivity contribution is 0.0953. The summed E-state index contributed by atoms with van der Waals surface area (Å²) >= 11 is 0. The van der Waals surface area contributed by atoms with Gasteiger partial charge in [-0.25, -0.2) is 4.68 Å². The Hall–Kier alpha value is -1.95. The Morgan fingerprint density at radius 2 is 2.22 bits per heavy atom. The fourth-order valence-corrected chi connectivity index (χ4v) is 1.75. The van der Waals surface area contributed by atoms with E-state index < -0.39 is 0 Å². The molecule has 2 rings (SSSR count). The van der Waals surface area contributed by atoms with E-state index in [-0.39, 0.29) is 5.91 Å². The normalized spacial score (nSPS) is 10.8. The zero-order valence-corrected chi connectivity index (χ0v) is 10.6. The van der Waals surface area contributed by atoms with Crippen LogP contribution in [0.25, 0.3) is 11.0 Å². The third-order valence-corrected chi connectivity index (χ3v) is 2.76. The maximum absolute atomic E-state index is 11.9. The van der Waals surface area contributed by atoms with Gasteiger partial charge in [-0.05, 0) is 38.2 Å². The molecule has 1 heterocycles. The fraction of sp³-hybridized carbons (Fsp3) is 0.417. The van der Waals surface area contributed by atoms with Gasteiger partial charge in [-0.1, -0.05) is 5.21 Å². The molecule has 96 valence electrons. The molecular formula is C12H17N5O. The van der Waals surface area contributed by atoms with Crippen LogP contribution in [0.15, 0.2) is 18.2 Å². The molecule has 0 radical (unpaired) electrons. The molecule has 0 spiro atoms. The standard InChI is InChI=1S/C12H17N5O/c1-13-6-3-7-14-12(18)9-4-5-11-10(8-9)15-16-17(11)2/h4-5,8,13H,3,6-7H2,1-2H3,(H,14,18). The van der Waals surface area contributed by atoms with E-state index in [1.165, 1.54) is 0 Å². The van der Waals surface area contributed by atoms with Crippen LogP contribution in [0.1, 0.15) is 16.8 Å². The SMILES string of the molecule is CNCCCNC(=O)c1ccc2c(c1)nnn2C. The molecule has 1 amide bonds. The predicted molar refractivity (Wildman–Crippen MR) is 69.4 cm³/mol. The van der Waals surface area contributed by atoms with Crippen LogP contribution in [0.2, 0.25) is 0 Å². The molecule has 0 aliphatic carbocycles. The average Bonchev–Trinajstić information content (AvgIpc) is 2.76. The van der Waals surface area contributed by atoms with E-state index in [2.05, 4.69) is 20.9 Å². The van der Waals surface area contributed by atoms with E-state index in [1.807, 2.05) is 20.2 Å². The van der Waals surface area contributed by atoms with Crippen molar-refractivity contribution in [3.63, 3.8) is 0 Å². The van der Waals surface area contributed by atoms with E-state index in [0.717, 1.165) is 24.0 Å². The zero-order valence-electron chi connectivity index (χ0n) is 10.6. The maximum Gasteiger partial charge on any atom is 0.251 e. The smallest absolute Gasteiger partial charge is 0.251 e. The number of aromatic nitrogens is 3. The van der Waals surface area contributed by atoms with Gasteiger partial charge in [-0.2, -0.15) is 0 Å². The molecule has 0 atom stereocenters. The van der Waals surface area contributed by atoms with Gasteiger partial charge in [0.15, 0.2) is 0 Å². The van der Waals surface area contributed by atoms with Crippen LogP contribution < -0.4 is 10.6 Å². The van der Waals surface area contributed by atoms with Gasteiger partial charge in [-0.3, -0.25) is 4.79 Å². The molecule has 1 aromatic heterocycles. The van der Waals surface area contributed by atoms with Crippen LogP contribution in [0, 0.1) is 0 Å². The number of nitrogens with zero attached hydrogens (tertiary/aromatic N) is 3. The lowest BCUT2D eigenvalue weighted by Crippen LogP contribution is -2.26. The highest BCUT2D eigenvalue weighted by Gasteiger charge is 2.08. The van der Waals surface area contributed by atoms with Crippen LogP contribution in [0.4, 0.5) is 0 Å². The van der Waals surface area contributed by atoms with Crippen LogP contribution >= 0.6 is 0 Å². The van der Waals surface area contributed by atoms with E-state index >= 15 is 0 Å². The van der Waals surface area contributed by atoms with Crippen molar-refractivity contribution in [3.8, 4) is 0 Å². The zero-order chi connectivity index (χ0) is 13.0. The van der Waals surface area contributed by atoms with E-state index in [9.17, 15) is 4.79 Å². The van der Waals surface area contributed by atoms with E-state index in [1.54, 1.807) is 16.8 Å². The molecule has 0 bridgehead atoms. The third-order valence-electron chi connectivity index (χ3n) is 2.76. The van der Waals surface area contributed by atoms with Crippen molar-refractivity contribution in [2.24, 2.45) is 7.05 Å². The number of aryl methyl sites for hydroxylation is 1. The second kappa shape index (κ2) is 5.59. The summed E-state index contributed by atoms with van der Waals surface area (Å²) in [5.74, 6) is -0.0707. The molecule has 2 N–H and O–H groups in total. The van der Waals surface area contributed by atoms with E-state index in [4.69, 9.17) is 0 Å². The Morgan fingerprint density at radius 3 is 3.00 bits per heavy atom. The molecule has 0 saturated heterocycles. The number of carbonyl (C=O) groups excluding carboxylic acids is 1. The number of nitrogens with one attached hydrogen (secondary N) is 2. The molecule has 0 aliphatic heterocycles. The molecule has 18 heavy (non-hydrogen) atoms. The summed E-state index contributed by atoms with van der Waals surface area (Å²) in [5.41, 5.74) is 2.27. The number of carbonyl (C=O) groups is 1. The number of hydrogen-bond donors (Lipinski definition) is 2. The van der Waals surface area contributed by atoms with E-state index in [0.29, 0.717) is 12.1 Å². The lowest BCUT2D eigenvalue weighted by Gasteiger charge is -2.04. The van der Waals surface area contributed by atoms with Gasteiger partial charge in [0.1, 0.15) is 5.52 Å².